The number of aromatic nitrogens is 5. The van der Waals surface area contributed by atoms with Crippen LogP contribution in [0.4, 0.5) is 22.0 Å². The highest BCUT2D eigenvalue weighted by Gasteiger charge is 2.20. The molecule has 3 aromatic heterocycles. The number of rotatable bonds is 10. The third kappa shape index (κ3) is 8.20. The number of carbonyl (C=O) groups is 2. The topological polar surface area (TPSA) is 154 Å². The predicted octanol–water partition coefficient (Wildman–Crippen LogP) is 5.41. The van der Waals surface area contributed by atoms with Gasteiger partial charge < -0.3 is 24.8 Å². The van der Waals surface area contributed by atoms with Crippen molar-refractivity contribution < 1.29 is 27.9 Å². The lowest BCUT2D eigenvalue weighted by molar-refractivity contribution is 0.0634. The maximum absolute atomic E-state index is 12.8. The highest BCUT2D eigenvalue weighted by Crippen LogP contribution is 2.39. The van der Waals surface area contributed by atoms with Crippen LogP contribution in [0.15, 0.2) is 42.9 Å². The van der Waals surface area contributed by atoms with Crippen LogP contribution in [0.25, 0.3) is 11.4 Å². The summed E-state index contributed by atoms with van der Waals surface area (Å²) in [4.78, 5) is 37.9. The number of methoxy groups -OCH3 is 1. The van der Waals surface area contributed by atoms with E-state index in [2.05, 4.69) is 30.7 Å². The first-order chi connectivity index (χ1) is 22.0. The molecule has 13 nitrogen and oxygen atoms in total. The Morgan fingerprint density at radius 3 is 2.59 bits per heavy atom. The molecule has 0 aliphatic rings. The van der Waals surface area contributed by atoms with Gasteiger partial charge in [0.1, 0.15) is 22.9 Å². The number of pyridine rings is 2. The van der Waals surface area contributed by atoms with E-state index in [4.69, 9.17) is 29.9 Å². The zero-order chi connectivity index (χ0) is 34.5. The lowest BCUT2D eigenvalue weighted by atomic mass is 10.1. The number of carbonyl (C=O) groups excluding carboxylic acids is 2. The average molecular weight is 626 g/mol. The fourth-order valence-electron chi connectivity index (χ4n) is 4.10. The summed E-state index contributed by atoms with van der Waals surface area (Å²) in [7, 11) is 3.20. The van der Waals surface area contributed by atoms with Gasteiger partial charge in [-0.2, -0.15) is 5.10 Å². The van der Waals surface area contributed by atoms with Crippen LogP contribution in [0.2, 0.25) is 5.15 Å². The maximum atomic E-state index is 12.8. The van der Waals surface area contributed by atoms with Crippen molar-refractivity contribution in [1.29, 1.82) is 0 Å². The van der Waals surface area contributed by atoms with E-state index < -0.39 is 24.6 Å². The molecule has 0 saturated heterocycles. The van der Waals surface area contributed by atoms with E-state index in [1.807, 2.05) is 24.4 Å². The van der Waals surface area contributed by atoms with E-state index in [0.29, 0.717) is 39.9 Å². The van der Waals surface area contributed by atoms with E-state index >= 15 is 0 Å². The average Bonchev–Trinajstić information content (AvgIpc) is 3.38. The molecule has 1 aromatic carbocycles. The fraction of sp³-hybridized carbons (Fsp3) is 0.333. The van der Waals surface area contributed by atoms with Gasteiger partial charge in [0.2, 0.25) is 0 Å². The third-order valence-electron chi connectivity index (χ3n) is 6.03. The highest BCUT2D eigenvalue weighted by molar-refractivity contribution is 6.29. The van der Waals surface area contributed by atoms with Crippen LogP contribution < -0.4 is 20.7 Å². The number of anilines is 3. The molecule has 14 heteroatoms. The van der Waals surface area contributed by atoms with Gasteiger partial charge >= 0.3 is 6.09 Å². The van der Waals surface area contributed by atoms with Gasteiger partial charge in [-0.1, -0.05) is 17.7 Å². The van der Waals surface area contributed by atoms with Crippen LogP contribution in [0.1, 0.15) is 52.1 Å². The number of halogens is 1. The van der Waals surface area contributed by atoms with Crippen LogP contribution in [-0.2, 0) is 29.7 Å². The second-order valence-electron chi connectivity index (χ2n) is 10.7. The molecule has 4 rings (SSSR count). The molecule has 0 spiro atoms. The lowest BCUT2D eigenvalue weighted by Crippen LogP contribution is -2.27. The quantitative estimate of drug-likeness (QED) is 0.195. The number of amides is 2. The molecule has 0 aliphatic carbocycles. The van der Waals surface area contributed by atoms with Crippen LogP contribution in [0.3, 0.4) is 0 Å². The summed E-state index contributed by atoms with van der Waals surface area (Å²) in [6.07, 6.45) is 2.09. The van der Waals surface area contributed by atoms with Crippen molar-refractivity contribution in [3.05, 3.63) is 70.4 Å². The number of ether oxygens (including phenoxy) is 3. The Balaban J connectivity index is 1.64. The van der Waals surface area contributed by atoms with Gasteiger partial charge in [0.25, 0.3) is 5.91 Å². The van der Waals surface area contributed by atoms with Gasteiger partial charge in [-0.05, 0) is 63.1 Å². The molecule has 0 unspecified atom stereocenters. The standard InChI is InChI=1S/C30H35ClN8O5/c1-17-8-9-25(37-29(41)44-30(2,3)4)36-23(17)15-43-14-18-10-19(27-34-16-39(6)38-27)26(42-7)22(11-18)35-21-12-24(31)33-13-20(21)28(40)32-5/h8-13,16H,14-15H2,1-7H3,(H,32,40)(H,33,35)(H,36,37,41)/i5D3. The molecule has 4 aromatic rings. The Morgan fingerprint density at radius 1 is 1.11 bits per heavy atom. The van der Waals surface area contributed by atoms with E-state index in [1.54, 1.807) is 40.0 Å². The van der Waals surface area contributed by atoms with Crippen LogP contribution in [-0.4, -0.2) is 56.4 Å². The molecule has 0 fully saturated rings. The minimum atomic E-state index is -2.72. The molecular formula is C30H35ClN8O5. The summed E-state index contributed by atoms with van der Waals surface area (Å²) >= 11 is 6.16. The summed E-state index contributed by atoms with van der Waals surface area (Å²) in [5, 5.41) is 12.2. The monoisotopic (exact) mass is 625 g/mol. The first kappa shape index (κ1) is 28.0. The summed E-state index contributed by atoms with van der Waals surface area (Å²) in [6.45, 7) is 4.68. The molecule has 3 heterocycles. The zero-order valence-corrected chi connectivity index (χ0v) is 25.9. The van der Waals surface area contributed by atoms with E-state index in [1.165, 1.54) is 30.4 Å². The fourth-order valence-corrected chi connectivity index (χ4v) is 4.26. The second-order valence-corrected chi connectivity index (χ2v) is 11.1. The lowest BCUT2D eigenvalue weighted by Gasteiger charge is -2.19. The van der Waals surface area contributed by atoms with Crippen molar-refractivity contribution in [2.24, 2.45) is 7.05 Å². The Kier molecular flexibility index (Phi) is 8.73. The third-order valence-corrected chi connectivity index (χ3v) is 6.24. The Morgan fingerprint density at radius 2 is 1.91 bits per heavy atom. The minimum Gasteiger partial charge on any atom is -0.494 e. The normalized spacial score (nSPS) is 12.5. The second kappa shape index (κ2) is 13.7. The van der Waals surface area contributed by atoms with Crippen molar-refractivity contribution >= 4 is 40.8 Å². The number of benzene rings is 1. The van der Waals surface area contributed by atoms with E-state index in [9.17, 15) is 9.59 Å². The van der Waals surface area contributed by atoms with Crippen LogP contribution >= 0.6 is 11.6 Å². The summed E-state index contributed by atoms with van der Waals surface area (Å²) in [5.74, 6) is 0.138. The van der Waals surface area contributed by atoms with Crippen molar-refractivity contribution in [1.82, 2.24) is 30.0 Å². The van der Waals surface area contributed by atoms with Crippen molar-refractivity contribution in [3.63, 3.8) is 0 Å². The Labute approximate surface area is 264 Å². The largest absolute Gasteiger partial charge is 0.494 e. The van der Waals surface area contributed by atoms with Gasteiger partial charge in [-0.25, -0.2) is 19.7 Å². The molecule has 44 heavy (non-hydrogen) atoms. The SMILES string of the molecule is [2H]C([2H])([2H])NC(=O)c1cnc(Cl)cc1Nc1cc(COCc2nc(NC(=O)OC(C)(C)C)ccc2C)cc(-c2ncn(C)n2)c1OC. The molecule has 0 radical (unpaired) electrons. The number of hydrogen-bond donors (Lipinski definition) is 3. The number of hydrogen-bond acceptors (Lipinski definition) is 10. The van der Waals surface area contributed by atoms with Crippen molar-refractivity contribution in [3.8, 4) is 17.1 Å². The van der Waals surface area contributed by atoms with Crippen LogP contribution in [0.5, 0.6) is 5.75 Å². The summed E-state index contributed by atoms with van der Waals surface area (Å²) < 4.78 is 41.0. The molecule has 0 atom stereocenters. The van der Waals surface area contributed by atoms with Crippen LogP contribution in [0, 0.1) is 6.92 Å². The highest BCUT2D eigenvalue weighted by atomic mass is 35.5. The Hall–Kier alpha value is -4.75. The number of aryl methyl sites for hydroxylation is 2. The Bertz CT molecular complexity index is 1780. The molecule has 2 amide bonds. The smallest absolute Gasteiger partial charge is 0.413 e. The predicted molar refractivity (Wildman–Crippen MR) is 166 cm³/mol. The summed E-state index contributed by atoms with van der Waals surface area (Å²) in [6, 6.07) is 8.44. The molecule has 232 valence electrons. The maximum Gasteiger partial charge on any atom is 0.413 e. The first-order valence-electron chi connectivity index (χ1n) is 14.9. The molecule has 0 saturated carbocycles. The molecule has 0 aliphatic heterocycles. The molecular weight excluding hydrogens is 588 g/mol. The van der Waals surface area contributed by atoms with Gasteiger partial charge in [0.15, 0.2) is 11.6 Å². The van der Waals surface area contributed by atoms with Crippen molar-refractivity contribution in [2.75, 3.05) is 24.7 Å². The van der Waals surface area contributed by atoms with E-state index in [-0.39, 0.29) is 29.6 Å². The number of nitrogens with one attached hydrogen (secondary N) is 3. The van der Waals surface area contributed by atoms with Gasteiger partial charge in [0, 0.05) is 24.3 Å². The summed E-state index contributed by atoms with van der Waals surface area (Å²) in [5.41, 5.74) is 2.49. The number of nitrogens with zero attached hydrogens (tertiary/aromatic N) is 5. The molecule has 0 bridgehead atoms. The van der Waals surface area contributed by atoms with Gasteiger partial charge in [-0.15, -0.1) is 0 Å². The first-order valence-corrected chi connectivity index (χ1v) is 13.8. The van der Waals surface area contributed by atoms with E-state index in [0.717, 1.165) is 5.56 Å². The van der Waals surface area contributed by atoms with Gasteiger partial charge in [0.05, 0.1) is 48.5 Å². The van der Waals surface area contributed by atoms with Crippen molar-refractivity contribution in [2.45, 2.75) is 46.5 Å². The minimum absolute atomic E-state index is 0.0619. The van der Waals surface area contributed by atoms with Gasteiger partial charge in [-0.3, -0.25) is 14.8 Å². The molecule has 3 N–H and O–H groups in total. The zero-order valence-electron chi connectivity index (χ0n) is 28.1.